The van der Waals surface area contributed by atoms with Gasteiger partial charge in [0.15, 0.2) is 12.4 Å². The van der Waals surface area contributed by atoms with Crippen molar-refractivity contribution < 1.29 is 23.8 Å². The first-order chi connectivity index (χ1) is 10.6. The van der Waals surface area contributed by atoms with E-state index in [1.165, 1.54) is 0 Å². The lowest BCUT2D eigenvalue weighted by molar-refractivity contribution is -0.157. The standard InChI is InChI=1S/C18H22O5/c1-10(2)16-15(20)12-7-8-13(11(3)17(12)22-16)21-9-14(19)23-18(4,5)6/h7-8H,9H2,1-6H3. The van der Waals surface area contributed by atoms with Crippen molar-refractivity contribution in [2.45, 2.75) is 47.1 Å². The van der Waals surface area contributed by atoms with Crippen LogP contribution in [-0.4, -0.2) is 24.0 Å². The predicted octanol–water partition coefficient (Wildman–Crippen LogP) is 3.58. The summed E-state index contributed by atoms with van der Waals surface area (Å²) < 4.78 is 16.4. The Hall–Kier alpha value is -2.30. The van der Waals surface area contributed by atoms with E-state index >= 15 is 0 Å². The van der Waals surface area contributed by atoms with Gasteiger partial charge in [0.1, 0.15) is 17.1 Å². The van der Waals surface area contributed by atoms with Crippen molar-refractivity contribution in [3.05, 3.63) is 34.6 Å². The Labute approximate surface area is 136 Å². The highest BCUT2D eigenvalue weighted by molar-refractivity contribution is 6.13. The molecule has 0 atom stereocenters. The second-order valence-electron chi connectivity index (χ2n) is 6.70. The molecule has 0 saturated heterocycles. The first-order valence-electron chi connectivity index (χ1n) is 7.48. The fraction of sp³-hybridized carbons (Fsp3) is 0.444. The van der Waals surface area contributed by atoms with Gasteiger partial charge in [-0.05, 0) is 59.2 Å². The number of benzene rings is 1. The van der Waals surface area contributed by atoms with E-state index in [0.717, 1.165) is 5.57 Å². The van der Waals surface area contributed by atoms with Crippen molar-refractivity contribution in [2.75, 3.05) is 6.61 Å². The SMILES string of the molecule is CC(C)=C1Oc2c(ccc(OCC(=O)OC(C)(C)C)c2C)C1=O. The Balaban J connectivity index is 2.16. The normalized spacial score (nSPS) is 13.5. The Bertz CT molecular complexity index is 688. The number of fused-ring (bicyclic) bond motifs is 1. The number of ketones is 1. The summed E-state index contributed by atoms with van der Waals surface area (Å²) in [5.74, 6) is 0.777. The van der Waals surface area contributed by atoms with Crippen LogP contribution in [0.2, 0.25) is 0 Å². The molecule has 0 unspecified atom stereocenters. The molecule has 0 fully saturated rings. The van der Waals surface area contributed by atoms with E-state index in [1.54, 1.807) is 39.8 Å². The van der Waals surface area contributed by atoms with Gasteiger partial charge >= 0.3 is 5.97 Å². The zero-order valence-corrected chi connectivity index (χ0v) is 14.4. The molecule has 1 aromatic carbocycles. The van der Waals surface area contributed by atoms with E-state index in [-0.39, 0.29) is 12.4 Å². The Morgan fingerprint density at radius 3 is 2.43 bits per heavy atom. The van der Waals surface area contributed by atoms with Crippen LogP contribution in [0.15, 0.2) is 23.5 Å². The molecule has 1 aromatic rings. The van der Waals surface area contributed by atoms with Gasteiger partial charge < -0.3 is 14.2 Å². The maximum absolute atomic E-state index is 12.2. The minimum atomic E-state index is -0.554. The fourth-order valence-electron chi connectivity index (χ4n) is 2.25. The van der Waals surface area contributed by atoms with Crippen molar-refractivity contribution >= 4 is 11.8 Å². The van der Waals surface area contributed by atoms with Crippen LogP contribution in [0.3, 0.4) is 0 Å². The van der Waals surface area contributed by atoms with Crippen molar-refractivity contribution in [1.29, 1.82) is 0 Å². The van der Waals surface area contributed by atoms with E-state index in [9.17, 15) is 9.59 Å². The smallest absolute Gasteiger partial charge is 0.344 e. The summed E-state index contributed by atoms with van der Waals surface area (Å²) in [5, 5.41) is 0. The Kier molecular flexibility index (Phi) is 4.50. The molecule has 1 heterocycles. The van der Waals surface area contributed by atoms with Crippen LogP contribution in [0, 0.1) is 6.92 Å². The van der Waals surface area contributed by atoms with Gasteiger partial charge in [0.05, 0.1) is 5.56 Å². The maximum Gasteiger partial charge on any atom is 0.344 e. The predicted molar refractivity (Wildman–Crippen MR) is 85.9 cm³/mol. The largest absolute Gasteiger partial charge is 0.481 e. The van der Waals surface area contributed by atoms with Crippen LogP contribution in [0.1, 0.15) is 50.5 Å². The van der Waals surface area contributed by atoms with Gasteiger partial charge in [-0.3, -0.25) is 4.79 Å². The van der Waals surface area contributed by atoms with Crippen LogP contribution in [0.25, 0.3) is 0 Å². The van der Waals surface area contributed by atoms with Crippen molar-refractivity contribution in [1.82, 2.24) is 0 Å². The highest BCUT2D eigenvalue weighted by Crippen LogP contribution is 2.39. The highest BCUT2D eigenvalue weighted by atomic mass is 16.6. The summed E-state index contributed by atoms with van der Waals surface area (Å²) in [4.78, 5) is 24.0. The van der Waals surface area contributed by atoms with E-state index in [1.807, 2.05) is 13.8 Å². The first-order valence-corrected chi connectivity index (χ1v) is 7.48. The summed E-state index contributed by atoms with van der Waals surface area (Å²) in [6, 6.07) is 3.33. The number of hydrogen-bond donors (Lipinski definition) is 0. The Morgan fingerprint density at radius 1 is 1.22 bits per heavy atom. The van der Waals surface area contributed by atoms with Gasteiger partial charge in [0.25, 0.3) is 0 Å². The number of esters is 1. The third-order valence-corrected chi connectivity index (χ3v) is 3.23. The molecule has 1 aliphatic heterocycles. The highest BCUT2D eigenvalue weighted by Gasteiger charge is 2.31. The molecule has 0 aromatic heterocycles. The van der Waals surface area contributed by atoms with E-state index in [0.29, 0.717) is 28.4 Å². The van der Waals surface area contributed by atoms with Gasteiger partial charge in [0, 0.05) is 5.56 Å². The molecular weight excluding hydrogens is 296 g/mol. The third-order valence-electron chi connectivity index (χ3n) is 3.23. The number of Topliss-reactive ketones (excluding diaryl/α,β-unsaturated/α-hetero) is 1. The number of allylic oxidation sites excluding steroid dienone is 2. The van der Waals surface area contributed by atoms with Gasteiger partial charge in [-0.1, -0.05) is 0 Å². The molecule has 5 nitrogen and oxygen atoms in total. The summed E-state index contributed by atoms with van der Waals surface area (Å²) in [7, 11) is 0. The van der Waals surface area contributed by atoms with Crippen LogP contribution < -0.4 is 9.47 Å². The monoisotopic (exact) mass is 318 g/mol. The number of carbonyl (C=O) groups excluding carboxylic acids is 2. The summed E-state index contributed by atoms with van der Waals surface area (Å²) in [6.45, 7) is 10.7. The molecule has 0 spiro atoms. The lowest BCUT2D eigenvalue weighted by Gasteiger charge is -2.19. The maximum atomic E-state index is 12.2. The van der Waals surface area contributed by atoms with Gasteiger partial charge in [-0.15, -0.1) is 0 Å². The Morgan fingerprint density at radius 2 is 1.87 bits per heavy atom. The van der Waals surface area contributed by atoms with Gasteiger partial charge in [0.2, 0.25) is 5.78 Å². The van der Waals surface area contributed by atoms with Crippen molar-refractivity contribution in [3.63, 3.8) is 0 Å². The van der Waals surface area contributed by atoms with Crippen molar-refractivity contribution in [2.24, 2.45) is 0 Å². The second kappa shape index (κ2) is 6.07. The first kappa shape index (κ1) is 17.1. The average molecular weight is 318 g/mol. The molecule has 5 heteroatoms. The molecule has 0 radical (unpaired) electrons. The molecule has 0 amide bonds. The number of rotatable bonds is 3. The molecular formula is C18H22O5. The minimum absolute atomic E-state index is 0.123. The van der Waals surface area contributed by atoms with Crippen LogP contribution in [0.5, 0.6) is 11.5 Å². The molecule has 0 aliphatic carbocycles. The summed E-state index contributed by atoms with van der Waals surface area (Å²) >= 11 is 0. The average Bonchev–Trinajstić information content (AvgIpc) is 2.74. The molecule has 2 rings (SSSR count). The zero-order chi connectivity index (χ0) is 17.4. The van der Waals surface area contributed by atoms with E-state index in [2.05, 4.69) is 0 Å². The fourth-order valence-corrected chi connectivity index (χ4v) is 2.25. The zero-order valence-electron chi connectivity index (χ0n) is 14.4. The molecule has 23 heavy (non-hydrogen) atoms. The molecule has 0 N–H and O–H groups in total. The molecule has 0 saturated carbocycles. The third kappa shape index (κ3) is 3.73. The molecule has 0 bridgehead atoms. The van der Waals surface area contributed by atoms with E-state index < -0.39 is 11.6 Å². The molecule has 124 valence electrons. The van der Waals surface area contributed by atoms with Crippen LogP contribution >= 0.6 is 0 Å². The molecule has 1 aliphatic rings. The number of hydrogen-bond acceptors (Lipinski definition) is 5. The van der Waals surface area contributed by atoms with Gasteiger partial charge in [-0.2, -0.15) is 0 Å². The van der Waals surface area contributed by atoms with Crippen LogP contribution in [-0.2, 0) is 9.53 Å². The number of carbonyl (C=O) groups is 2. The quantitative estimate of drug-likeness (QED) is 0.629. The van der Waals surface area contributed by atoms with E-state index in [4.69, 9.17) is 14.2 Å². The topological polar surface area (TPSA) is 61.8 Å². The lowest BCUT2D eigenvalue weighted by atomic mass is 10.1. The summed E-state index contributed by atoms with van der Waals surface area (Å²) in [6.07, 6.45) is 0. The van der Waals surface area contributed by atoms with Crippen molar-refractivity contribution in [3.8, 4) is 11.5 Å². The van der Waals surface area contributed by atoms with Gasteiger partial charge in [-0.25, -0.2) is 4.79 Å². The van der Waals surface area contributed by atoms with Crippen LogP contribution in [0.4, 0.5) is 0 Å². The number of ether oxygens (including phenoxy) is 3. The second-order valence-corrected chi connectivity index (χ2v) is 6.70. The lowest BCUT2D eigenvalue weighted by Crippen LogP contribution is -2.27. The minimum Gasteiger partial charge on any atom is -0.481 e. The summed E-state index contributed by atoms with van der Waals surface area (Å²) in [5.41, 5.74) is 1.47.